The van der Waals surface area contributed by atoms with E-state index in [1.165, 1.54) is 12.3 Å². The number of benzene rings is 1. The Kier molecular flexibility index (Phi) is 3.24. The fourth-order valence-corrected chi connectivity index (χ4v) is 1.16. The number of anilines is 1. The Balaban J connectivity index is 2.19. The zero-order chi connectivity index (χ0) is 13.0. The number of aromatic nitrogens is 4. The average Bonchev–Trinajstić information content (AvgIpc) is 2.88. The zero-order valence-corrected chi connectivity index (χ0v) is 8.85. The van der Waals surface area contributed by atoms with Crippen LogP contribution in [0, 0.1) is 23.0 Å². The van der Waals surface area contributed by atoms with Gasteiger partial charge in [-0.2, -0.15) is 10.5 Å². The topological polar surface area (TPSA) is 90.3 Å². The van der Waals surface area contributed by atoms with Crippen LogP contribution in [0.4, 0.5) is 14.5 Å². The lowest BCUT2D eigenvalue weighted by atomic mass is 10.2. The highest BCUT2D eigenvalue weighted by Gasteiger charge is 2.06. The summed E-state index contributed by atoms with van der Waals surface area (Å²) in [6, 6.07) is 5.13. The van der Waals surface area contributed by atoms with Gasteiger partial charge in [0.25, 0.3) is 0 Å². The summed E-state index contributed by atoms with van der Waals surface area (Å²) >= 11 is 0. The van der Waals surface area contributed by atoms with Crippen LogP contribution in [0.5, 0.6) is 0 Å². The lowest BCUT2D eigenvalue weighted by Gasteiger charge is -2.01. The molecule has 18 heavy (non-hydrogen) atoms. The molecule has 2 aromatic rings. The summed E-state index contributed by atoms with van der Waals surface area (Å²) in [6.07, 6.45) is 1.28. The Labute approximate surface area is 99.9 Å². The van der Waals surface area contributed by atoms with Crippen LogP contribution in [0.1, 0.15) is 5.82 Å². The maximum Gasteiger partial charge on any atom is 0.216 e. The number of tetrazole rings is 1. The summed E-state index contributed by atoms with van der Waals surface area (Å²) in [6.45, 7) is 0. The van der Waals surface area contributed by atoms with Crippen molar-refractivity contribution < 1.29 is 8.78 Å². The van der Waals surface area contributed by atoms with Gasteiger partial charge in [0.15, 0.2) is 11.6 Å². The molecule has 0 aliphatic rings. The zero-order valence-electron chi connectivity index (χ0n) is 8.85. The third-order valence-electron chi connectivity index (χ3n) is 2.01. The van der Waals surface area contributed by atoms with E-state index >= 15 is 0 Å². The molecule has 0 aliphatic carbocycles. The van der Waals surface area contributed by atoms with Crippen LogP contribution >= 0.6 is 0 Å². The molecule has 0 aliphatic heterocycles. The summed E-state index contributed by atoms with van der Waals surface area (Å²) in [5, 5.41) is 24.2. The first-order valence-electron chi connectivity index (χ1n) is 4.76. The predicted octanol–water partition coefficient (Wildman–Crippen LogP) is 1.45. The molecule has 1 heterocycles. The van der Waals surface area contributed by atoms with Crippen LogP contribution in [0.3, 0.4) is 0 Å². The first-order chi connectivity index (χ1) is 8.70. The van der Waals surface area contributed by atoms with E-state index in [-0.39, 0.29) is 11.4 Å². The van der Waals surface area contributed by atoms with E-state index < -0.39 is 11.6 Å². The van der Waals surface area contributed by atoms with Crippen LogP contribution < -0.4 is 5.32 Å². The van der Waals surface area contributed by atoms with Crippen molar-refractivity contribution >= 4 is 11.3 Å². The van der Waals surface area contributed by atoms with Gasteiger partial charge in [-0.3, -0.25) is 0 Å². The molecule has 8 heteroatoms. The maximum absolute atomic E-state index is 12.9. The molecule has 0 spiro atoms. The van der Waals surface area contributed by atoms with Crippen molar-refractivity contribution in [2.24, 2.45) is 0 Å². The molecule has 1 aromatic heterocycles. The van der Waals surface area contributed by atoms with Crippen molar-refractivity contribution in [3.63, 3.8) is 0 Å². The van der Waals surface area contributed by atoms with Gasteiger partial charge in [0.1, 0.15) is 11.6 Å². The fraction of sp³-hybridized carbons (Fsp3) is 0. The number of halogens is 2. The molecule has 90 valence electrons. The van der Waals surface area contributed by atoms with E-state index in [0.717, 1.165) is 12.1 Å². The predicted molar refractivity (Wildman–Crippen MR) is 57.7 cm³/mol. The number of nitrogens with zero attached hydrogens (tertiary/aromatic N) is 4. The van der Waals surface area contributed by atoms with E-state index in [2.05, 4.69) is 25.9 Å². The van der Waals surface area contributed by atoms with Crippen LogP contribution in [-0.2, 0) is 0 Å². The Bertz CT molecular complexity index is 614. The molecule has 2 N–H and O–H groups in total. The Morgan fingerprint density at radius 3 is 2.83 bits per heavy atom. The molecule has 0 amide bonds. The third-order valence-corrected chi connectivity index (χ3v) is 2.01. The van der Waals surface area contributed by atoms with E-state index in [9.17, 15) is 8.78 Å². The van der Waals surface area contributed by atoms with Gasteiger partial charge < -0.3 is 5.32 Å². The van der Waals surface area contributed by atoms with Gasteiger partial charge in [0, 0.05) is 18.0 Å². The number of nitrogens with one attached hydrogen (secondary N) is 2. The minimum Gasteiger partial charge on any atom is -0.360 e. The van der Waals surface area contributed by atoms with Crippen LogP contribution in [0.2, 0.25) is 0 Å². The summed E-state index contributed by atoms with van der Waals surface area (Å²) in [7, 11) is 0. The van der Waals surface area contributed by atoms with Gasteiger partial charge in [-0.05, 0) is 17.3 Å². The van der Waals surface area contributed by atoms with Crippen molar-refractivity contribution in [2.75, 3.05) is 5.32 Å². The molecule has 0 unspecified atom stereocenters. The molecule has 2 rings (SSSR count). The second kappa shape index (κ2) is 5.01. The van der Waals surface area contributed by atoms with E-state index in [1.807, 2.05) is 6.07 Å². The number of allylic oxidation sites excluding steroid dienone is 1. The summed E-state index contributed by atoms with van der Waals surface area (Å²) in [5.41, 5.74) is 0.402. The number of hydrogen-bond acceptors (Lipinski definition) is 5. The highest BCUT2D eigenvalue weighted by Crippen LogP contribution is 2.14. The Morgan fingerprint density at radius 1 is 1.39 bits per heavy atom. The number of nitriles is 1. The quantitative estimate of drug-likeness (QED) is 0.802. The monoisotopic (exact) mass is 248 g/mol. The molecule has 1 aromatic carbocycles. The second-order valence-electron chi connectivity index (χ2n) is 3.18. The number of aromatic amines is 1. The molecule has 0 fully saturated rings. The van der Waals surface area contributed by atoms with E-state index in [4.69, 9.17) is 5.26 Å². The summed E-state index contributed by atoms with van der Waals surface area (Å²) in [4.78, 5) is 0. The Hall–Kier alpha value is -2.82. The van der Waals surface area contributed by atoms with Gasteiger partial charge in [-0.1, -0.05) is 0 Å². The number of H-pyrrole nitrogens is 1. The lowest BCUT2D eigenvalue weighted by molar-refractivity contribution is 0.509. The average molecular weight is 248 g/mol. The van der Waals surface area contributed by atoms with Gasteiger partial charge in [0.2, 0.25) is 5.82 Å². The van der Waals surface area contributed by atoms with Crippen molar-refractivity contribution in [1.82, 2.24) is 20.6 Å². The van der Waals surface area contributed by atoms with E-state index in [0.29, 0.717) is 5.69 Å². The van der Waals surface area contributed by atoms with Crippen molar-refractivity contribution in [3.05, 3.63) is 41.9 Å². The van der Waals surface area contributed by atoms with Crippen LogP contribution in [0.25, 0.3) is 5.57 Å². The van der Waals surface area contributed by atoms with E-state index in [1.54, 1.807) is 0 Å². The standard InChI is InChI=1S/C10H6F2N6/c11-8-2-1-7(3-9(8)12)14-5-6(4-13)10-15-17-18-16-10/h1-3,5,14H,(H,15,16,17,18). The third kappa shape index (κ3) is 2.46. The van der Waals surface area contributed by atoms with Crippen molar-refractivity contribution in [3.8, 4) is 6.07 Å². The molecular formula is C10H6F2N6. The molecule has 0 atom stereocenters. The SMILES string of the molecule is N#CC(=CNc1ccc(F)c(F)c1)c1nn[nH]n1. The second-order valence-corrected chi connectivity index (χ2v) is 3.18. The first-order valence-corrected chi connectivity index (χ1v) is 4.76. The Morgan fingerprint density at radius 2 is 2.22 bits per heavy atom. The number of hydrogen-bond donors (Lipinski definition) is 2. The molecule has 0 radical (unpaired) electrons. The van der Waals surface area contributed by atoms with Crippen molar-refractivity contribution in [1.29, 1.82) is 5.26 Å². The van der Waals surface area contributed by atoms with Gasteiger partial charge in [-0.15, -0.1) is 10.2 Å². The highest BCUT2D eigenvalue weighted by molar-refractivity contribution is 5.73. The highest BCUT2D eigenvalue weighted by atomic mass is 19.2. The summed E-state index contributed by atoms with van der Waals surface area (Å²) < 4.78 is 25.6. The van der Waals surface area contributed by atoms with Gasteiger partial charge in [0.05, 0.1) is 0 Å². The molecular weight excluding hydrogens is 242 g/mol. The lowest BCUT2D eigenvalue weighted by Crippen LogP contribution is -1.94. The normalized spacial score (nSPS) is 11.1. The van der Waals surface area contributed by atoms with Gasteiger partial charge in [-0.25, -0.2) is 8.78 Å². The molecule has 0 saturated carbocycles. The first kappa shape index (κ1) is 11.7. The molecule has 6 nitrogen and oxygen atoms in total. The fourth-order valence-electron chi connectivity index (χ4n) is 1.16. The molecule has 0 saturated heterocycles. The van der Waals surface area contributed by atoms with Crippen LogP contribution in [0.15, 0.2) is 24.4 Å². The minimum absolute atomic E-state index is 0.104. The minimum atomic E-state index is -0.980. The van der Waals surface area contributed by atoms with Gasteiger partial charge >= 0.3 is 0 Å². The smallest absolute Gasteiger partial charge is 0.216 e. The number of rotatable bonds is 3. The maximum atomic E-state index is 12.9. The largest absolute Gasteiger partial charge is 0.360 e. The van der Waals surface area contributed by atoms with Crippen molar-refractivity contribution in [2.45, 2.75) is 0 Å². The molecule has 0 bridgehead atoms. The summed E-state index contributed by atoms with van der Waals surface area (Å²) in [5.74, 6) is -1.82. The van der Waals surface area contributed by atoms with Crippen LogP contribution in [-0.4, -0.2) is 20.6 Å².